The van der Waals surface area contributed by atoms with Gasteiger partial charge in [-0.05, 0) is 37.7 Å². The van der Waals surface area contributed by atoms with E-state index in [9.17, 15) is 9.90 Å². The molecule has 21 heavy (non-hydrogen) atoms. The molecule has 1 aliphatic rings. The molecular formula is C18H25NO2. The molecule has 2 atom stereocenters. The number of hydrogen-bond donors (Lipinski definition) is 1. The summed E-state index contributed by atoms with van der Waals surface area (Å²) in [6.07, 6.45) is 6.20. The number of aliphatic hydroxyl groups excluding tert-OH is 1. The molecule has 1 fully saturated rings. The molecule has 2 rings (SSSR count). The first-order valence-electron chi connectivity index (χ1n) is 7.82. The van der Waals surface area contributed by atoms with Crippen molar-refractivity contribution in [2.75, 3.05) is 13.2 Å². The van der Waals surface area contributed by atoms with Crippen LogP contribution in [0.4, 0.5) is 0 Å². The van der Waals surface area contributed by atoms with Crippen molar-refractivity contribution in [3.63, 3.8) is 0 Å². The Balaban J connectivity index is 1.97. The van der Waals surface area contributed by atoms with E-state index in [2.05, 4.69) is 18.7 Å². The summed E-state index contributed by atoms with van der Waals surface area (Å²) < 4.78 is 0. The third kappa shape index (κ3) is 4.18. The molecule has 0 saturated carbocycles. The Kier molecular flexibility index (Phi) is 6.00. The second-order valence-corrected chi connectivity index (χ2v) is 5.76. The Labute approximate surface area is 127 Å². The molecule has 1 heterocycles. The van der Waals surface area contributed by atoms with E-state index < -0.39 is 0 Å². The lowest BCUT2D eigenvalue weighted by Gasteiger charge is -2.27. The Morgan fingerprint density at radius 2 is 2.19 bits per heavy atom. The SMILES string of the molecule is C=CC[C@@H](CCc1ccccc1)C(=O)N1CCC[C@H]1CO. The molecule has 0 aromatic heterocycles. The van der Waals surface area contributed by atoms with Gasteiger partial charge in [-0.1, -0.05) is 36.4 Å². The van der Waals surface area contributed by atoms with Crippen molar-refractivity contribution in [3.05, 3.63) is 48.6 Å². The average molecular weight is 287 g/mol. The number of aryl methyl sites for hydroxylation is 1. The highest BCUT2D eigenvalue weighted by Crippen LogP contribution is 2.23. The monoisotopic (exact) mass is 287 g/mol. The van der Waals surface area contributed by atoms with Crippen LogP contribution >= 0.6 is 0 Å². The topological polar surface area (TPSA) is 40.5 Å². The van der Waals surface area contributed by atoms with Crippen molar-refractivity contribution in [3.8, 4) is 0 Å². The number of allylic oxidation sites excluding steroid dienone is 1. The number of hydrogen-bond acceptors (Lipinski definition) is 2. The Morgan fingerprint density at radius 3 is 2.86 bits per heavy atom. The van der Waals surface area contributed by atoms with Crippen molar-refractivity contribution >= 4 is 5.91 Å². The van der Waals surface area contributed by atoms with E-state index in [1.807, 2.05) is 29.2 Å². The summed E-state index contributed by atoms with van der Waals surface area (Å²) in [6, 6.07) is 10.3. The van der Waals surface area contributed by atoms with Gasteiger partial charge in [0.05, 0.1) is 12.6 Å². The number of likely N-dealkylation sites (tertiary alicyclic amines) is 1. The number of amides is 1. The number of nitrogens with zero attached hydrogens (tertiary/aromatic N) is 1. The minimum absolute atomic E-state index is 0.0153. The van der Waals surface area contributed by atoms with Gasteiger partial charge in [0.25, 0.3) is 0 Å². The molecule has 114 valence electrons. The Bertz CT molecular complexity index is 458. The van der Waals surface area contributed by atoms with E-state index in [0.717, 1.165) is 32.2 Å². The van der Waals surface area contributed by atoms with Gasteiger partial charge in [0.1, 0.15) is 0 Å². The minimum atomic E-state index is -0.0187. The molecule has 1 saturated heterocycles. The molecule has 1 N–H and O–H groups in total. The van der Waals surface area contributed by atoms with Gasteiger partial charge in [-0.15, -0.1) is 6.58 Å². The van der Waals surface area contributed by atoms with Crippen LogP contribution in [0.3, 0.4) is 0 Å². The highest BCUT2D eigenvalue weighted by Gasteiger charge is 2.31. The summed E-state index contributed by atoms with van der Waals surface area (Å²) >= 11 is 0. The molecule has 0 aliphatic carbocycles. The van der Waals surface area contributed by atoms with Gasteiger partial charge in [0, 0.05) is 12.5 Å². The Hall–Kier alpha value is -1.61. The summed E-state index contributed by atoms with van der Waals surface area (Å²) in [4.78, 5) is 14.6. The van der Waals surface area contributed by atoms with Crippen LogP contribution < -0.4 is 0 Å². The highest BCUT2D eigenvalue weighted by atomic mass is 16.3. The van der Waals surface area contributed by atoms with Gasteiger partial charge in [-0.25, -0.2) is 0 Å². The van der Waals surface area contributed by atoms with Gasteiger partial charge < -0.3 is 10.0 Å². The number of carbonyl (C=O) groups is 1. The lowest BCUT2D eigenvalue weighted by molar-refractivity contribution is -0.137. The molecule has 3 nitrogen and oxygen atoms in total. The van der Waals surface area contributed by atoms with Crippen molar-refractivity contribution in [2.45, 2.75) is 38.1 Å². The second-order valence-electron chi connectivity index (χ2n) is 5.76. The van der Waals surface area contributed by atoms with E-state index in [1.54, 1.807) is 0 Å². The van der Waals surface area contributed by atoms with E-state index in [1.165, 1.54) is 5.56 Å². The maximum absolute atomic E-state index is 12.7. The lowest BCUT2D eigenvalue weighted by atomic mass is 9.94. The fraction of sp³-hybridized carbons (Fsp3) is 0.500. The second kappa shape index (κ2) is 7.99. The quantitative estimate of drug-likeness (QED) is 0.783. The van der Waals surface area contributed by atoms with E-state index in [-0.39, 0.29) is 24.5 Å². The molecule has 0 radical (unpaired) electrons. The summed E-state index contributed by atoms with van der Waals surface area (Å²) in [5.41, 5.74) is 1.26. The van der Waals surface area contributed by atoms with Crippen molar-refractivity contribution in [2.24, 2.45) is 5.92 Å². The zero-order valence-electron chi connectivity index (χ0n) is 12.6. The molecule has 1 aliphatic heterocycles. The molecule has 0 bridgehead atoms. The summed E-state index contributed by atoms with van der Waals surface area (Å²) in [5.74, 6) is 0.164. The molecule has 0 unspecified atom stereocenters. The minimum Gasteiger partial charge on any atom is -0.394 e. The van der Waals surface area contributed by atoms with Crippen LogP contribution in [0.15, 0.2) is 43.0 Å². The molecule has 1 amide bonds. The summed E-state index contributed by atoms with van der Waals surface area (Å²) in [7, 11) is 0. The van der Waals surface area contributed by atoms with E-state index >= 15 is 0 Å². The molecule has 0 spiro atoms. The highest BCUT2D eigenvalue weighted by molar-refractivity contribution is 5.79. The van der Waals surface area contributed by atoms with Crippen LogP contribution in [0, 0.1) is 5.92 Å². The molecule has 3 heteroatoms. The zero-order valence-corrected chi connectivity index (χ0v) is 12.6. The number of aliphatic hydroxyl groups is 1. The van der Waals surface area contributed by atoms with Crippen molar-refractivity contribution in [1.29, 1.82) is 0 Å². The first-order chi connectivity index (χ1) is 10.3. The normalized spacial score (nSPS) is 19.5. The van der Waals surface area contributed by atoms with Crippen LogP contribution in [0.5, 0.6) is 0 Å². The Morgan fingerprint density at radius 1 is 1.43 bits per heavy atom. The van der Waals surface area contributed by atoms with Gasteiger partial charge in [0.2, 0.25) is 5.91 Å². The zero-order chi connectivity index (χ0) is 15.1. The predicted octanol–water partition coefficient (Wildman–Crippen LogP) is 2.79. The molecular weight excluding hydrogens is 262 g/mol. The first-order valence-corrected chi connectivity index (χ1v) is 7.82. The van der Waals surface area contributed by atoms with Crippen LogP contribution in [0.2, 0.25) is 0 Å². The largest absolute Gasteiger partial charge is 0.394 e. The summed E-state index contributed by atoms with van der Waals surface area (Å²) in [5, 5.41) is 9.39. The standard InChI is InChI=1S/C18H25NO2/c1-2-7-16(12-11-15-8-4-3-5-9-15)18(21)19-13-6-10-17(19)14-20/h2-5,8-9,16-17,20H,1,6-7,10-14H2/t16-,17-/m0/s1. The third-order valence-corrected chi connectivity index (χ3v) is 4.30. The van der Waals surface area contributed by atoms with Gasteiger partial charge in [-0.2, -0.15) is 0 Å². The van der Waals surface area contributed by atoms with Gasteiger partial charge in [-0.3, -0.25) is 4.79 Å². The van der Waals surface area contributed by atoms with E-state index in [0.29, 0.717) is 6.42 Å². The van der Waals surface area contributed by atoms with Gasteiger partial charge >= 0.3 is 0 Å². The average Bonchev–Trinajstić information content (AvgIpc) is 3.00. The van der Waals surface area contributed by atoms with Crippen molar-refractivity contribution in [1.82, 2.24) is 4.90 Å². The number of rotatable bonds is 7. The lowest BCUT2D eigenvalue weighted by Crippen LogP contribution is -2.41. The summed E-state index contributed by atoms with van der Waals surface area (Å²) in [6.45, 7) is 4.64. The maximum Gasteiger partial charge on any atom is 0.226 e. The van der Waals surface area contributed by atoms with Crippen LogP contribution in [-0.2, 0) is 11.2 Å². The molecule has 1 aromatic rings. The van der Waals surface area contributed by atoms with Gasteiger partial charge in [0.15, 0.2) is 0 Å². The van der Waals surface area contributed by atoms with Crippen molar-refractivity contribution < 1.29 is 9.90 Å². The fourth-order valence-electron chi connectivity index (χ4n) is 3.08. The third-order valence-electron chi connectivity index (χ3n) is 4.30. The smallest absolute Gasteiger partial charge is 0.226 e. The van der Waals surface area contributed by atoms with Crippen LogP contribution in [0.1, 0.15) is 31.2 Å². The maximum atomic E-state index is 12.7. The molecule has 1 aromatic carbocycles. The van der Waals surface area contributed by atoms with E-state index in [4.69, 9.17) is 0 Å². The fourth-order valence-corrected chi connectivity index (χ4v) is 3.08. The predicted molar refractivity (Wildman–Crippen MR) is 84.9 cm³/mol. The van der Waals surface area contributed by atoms with Crippen LogP contribution in [0.25, 0.3) is 0 Å². The number of benzene rings is 1. The number of carbonyl (C=O) groups excluding carboxylic acids is 1. The van der Waals surface area contributed by atoms with Crippen LogP contribution in [-0.4, -0.2) is 35.1 Å². The first kappa shape index (κ1) is 15.8.